The van der Waals surface area contributed by atoms with Crippen molar-refractivity contribution in [2.24, 2.45) is 0 Å². The number of rotatable bonds is 6. The topological polar surface area (TPSA) is 55.1 Å². The van der Waals surface area contributed by atoms with Crippen LogP contribution in [-0.4, -0.2) is 20.9 Å². The van der Waals surface area contributed by atoms with Crippen molar-refractivity contribution < 1.29 is 27.5 Å². The van der Waals surface area contributed by atoms with Crippen LogP contribution in [0.2, 0.25) is 5.02 Å². The summed E-state index contributed by atoms with van der Waals surface area (Å²) in [6.45, 7) is -0.210. The summed E-state index contributed by atoms with van der Waals surface area (Å²) in [5, 5.41) is 10.9. The van der Waals surface area contributed by atoms with Crippen molar-refractivity contribution in [3.8, 4) is 0 Å². The maximum Gasteiger partial charge on any atom is 0.303 e. The Morgan fingerprint density at radius 1 is 1.33 bits per heavy atom. The Balaban J connectivity index is 2.95. The van der Waals surface area contributed by atoms with E-state index in [-0.39, 0.29) is 19.4 Å². The fourth-order valence-electron chi connectivity index (χ4n) is 1.37. The molecule has 0 aromatic carbocycles. The van der Waals surface area contributed by atoms with Crippen molar-refractivity contribution in [2.75, 3.05) is 0 Å². The van der Waals surface area contributed by atoms with Gasteiger partial charge in [0.05, 0.1) is 5.02 Å². The van der Waals surface area contributed by atoms with Crippen molar-refractivity contribution in [2.45, 2.75) is 32.2 Å². The predicted octanol–water partition coefficient (Wildman–Crippen LogP) is 3.28. The zero-order valence-corrected chi connectivity index (χ0v) is 9.67. The second-order valence-electron chi connectivity index (χ2n) is 3.41. The van der Waals surface area contributed by atoms with Crippen LogP contribution < -0.4 is 0 Å². The normalized spacial score (nSPS) is 11.5. The summed E-state index contributed by atoms with van der Waals surface area (Å²) in [5.74, 6) is -1.11. The molecule has 18 heavy (non-hydrogen) atoms. The molecule has 1 N–H and O–H groups in total. The summed E-state index contributed by atoms with van der Waals surface area (Å²) in [6, 6.07) is 0. The third-order valence-electron chi connectivity index (χ3n) is 2.13. The van der Waals surface area contributed by atoms with E-state index in [0.29, 0.717) is 4.68 Å². The quantitative estimate of drug-likeness (QED) is 0.817. The predicted molar refractivity (Wildman–Crippen MR) is 54.0 cm³/mol. The van der Waals surface area contributed by atoms with Gasteiger partial charge in [0.15, 0.2) is 0 Å². The minimum atomic E-state index is -3.06. The summed E-state index contributed by atoms with van der Waals surface area (Å²) in [6.07, 6.45) is -6.39. The van der Waals surface area contributed by atoms with E-state index in [1.54, 1.807) is 0 Å². The van der Waals surface area contributed by atoms with Crippen LogP contribution in [0.4, 0.5) is 17.6 Å². The van der Waals surface area contributed by atoms with Crippen LogP contribution in [0.25, 0.3) is 0 Å². The monoisotopic (exact) mass is 288 g/mol. The molecule has 0 radical (unpaired) electrons. The molecule has 9 heteroatoms. The molecule has 0 amide bonds. The first-order chi connectivity index (χ1) is 8.34. The van der Waals surface area contributed by atoms with Gasteiger partial charge in [0, 0.05) is 13.0 Å². The molecule has 0 spiro atoms. The first kappa shape index (κ1) is 14.7. The van der Waals surface area contributed by atoms with Gasteiger partial charge in [0.25, 0.3) is 12.9 Å². The molecule has 102 valence electrons. The molecular weight excluding hydrogens is 280 g/mol. The van der Waals surface area contributed by atoms with Crippen LogP contribution in [0, 0.1) is 0 Å². The molecule has 4 nitrogen and oxygen atoms in total. The molecule has 1 aromatic heterocycles. The number of carboxylic acid groups (broad SMARTS) is 1. The van der Waals surface area contributed by atoms with E-state index in [1.807, 2.05) is 0 Å². The molecule has 0 bridgehead atoms. The van der Waals surface area contributed by atoms with Crippen molar-refractivity contribution in [3.63, 3.8) is 0 Å². The van der Waals surface area contributed by atoms with Gasteiger partial charge in [-0.15, -0.1) is 0 Å². The second-order valence-corrected chi connectivity index (χ2v) is 3.78. The van der Waals surface area contributed by atoms with Crippen molar-refractivity contribution in [1.29, 1.82) is 0 Å². The van der Waals surface area contributed by atoms with Gasteiger partial charge in [-0.2, -0.15) is 5.10 Å². The number of alkyl halides is 4. The minimum Gasteiger partial charge on any atom is -0.481 e. The first-order valence-electron chi connectivity index (χ1n) is 4.88. The summed E-state index contributed by atoms with van der Waals surface area (Å²) in [5.41, 5.74) is -1.72. The molecule has 0 aliphatic carbocycles. The highest BCUT2D eigenvalue weighted by molar-refractivity contribution is 6.32. The molecule has 0 saturated carbocycles. The molecule has 1 heterocycles. The number of hydrogen-bond acceptors (Lipinski definition) is 2. The Morgan fingerprint density at radius 2 is 1.94 bits per heavy atom. The summed E-state index contributed by atoms with van der Waals surface area (Å²) >= 11 is 5.40. The molecule has 0 unspecified atom stereocenters. The molecule has 0 fully saturated rings. The van der Waals surface area contributed by atoms with Gasteiger partial charge in [0.2, 0.25) is 0 Å². The average molecular weight is 289 g/mol. The third kappa shape index (κ3) is 3.34. The smallest absolute Gasteiger partial charge is 0.303 e. The van der Waals surface area contributed by atoms with Gasteiger partial charge in [0.1, 0.15) is 11.4 Å². The van der Waals surface area contributed by atoms with Gasteiger partial charge in [-0.25, -0.2) is 17.6 Å². The van der Waals surface area contributed by atoms with Gasteiger partial charge < -0.3 is 5.11 Å². The molecule has 1 aromatic rings. The number of nitrogens with zero attached hydrogens (tertiary/aromatic N) is 2. The molecule has 0 aliphatic rings. The van der Waals surface area contributed by atoms with E-state index in [1.165, 1.54) is 0 Å². The lowest BCUT2D eigenvalue weighted by Gasteiger charge is -2.05. The number of carbonyl (C=O) groups is 1. The van der Waals surface area contributed by atoms with Crippen molar-refractivity contribution >= 4 is 17.6 Å². The minimum absolute atomic E-state index is 0.00423. The van der Waals surface area contributed by atoms with Crippen LogP contribution in [0.15, 0.2) is 0 Å². The first-order valence-corrected chi connectivity index (χ1v) is 5.26. The lowest BCUT2D eigenvalue weighted by Crippen LogP contribution is -2.08. The Hall–Kier alpha value is -1.31. The fourth-order valence-corrected chi connectivity index (χ4v) is 1.67. The van der Waals surface area contributed by atoms with Crippen LogP contribution in [0.5, 0.6) is 0 Å². The number of halogens is 5. The zero-order chi connectivity index (χ0) is 13.9. The summed E-state index contributed by atoms with van der Waals surface area (Å²) in [4.78, 5) is 10.3. The van der Waals surface area contributed by atoms with E-state index < -0.39 is 35.2 Å². The maximum absolute atomic E-state index is 12.6. The second kappa shape index (κ2) is 6.03. The lowest BCUT2D eigenvalue weighted by molar-refractivity contribution is -0.137. The molecule has 0 saturated heterocycles. The number of aromatic nitrogens is 2. The largest absolute Gasteiger partial charge is 0.481 e. The number of aryl methyl sites for hydroxylation is 1. The highest BCUT2D eigenvalue weighted by Crippen LogP contribution is 2.34. The molecule has 0 aliphatic heterocycles. The lowest BCUT2D eigenvalue weighted by atomic mass is 10.3. The number of carboxylic acids is 1. The van der Waals surface area contributed by atoms with Crippen LogP contribution >= 0.6 is 11.6 Å². The van der Waals surface area contributed by atoms with Gasteiger partial charge in [-0.3, -0.25) is 9.48 Å². The van der Waals surface area contributed by atoms with Crippen LogP contribution in [0.3, 0.4) is 0 Å². The molecule has 0 atom stereocenters. The highest BCUT2D eigenvalue weighted by atomic mass is 35.5. The summed E-state index contributed by atoms with van der Waals surface area (Å²) in [7, 11) is 0. The van der Waals surface area contributed by atoms with E-state index >= 15 is 0 Å². The Kier molecular flexibility index (Phi) is 4.94. The Labute approximate surface area is 104 Å². The van der Waals surface area contributed by atoms with Gasteiger partial charge in [-0.05, 0) is 6.42 Å². The van der Waals surface area contributed by atoms with Crippen molar-refractivity contribution in [3.05, 3.63) is 16.4 Å². The van der Waals surface area contributed by atoms with Crippen LogP contribution in [-0.2, 0) is 11.3 Å². The molecule has 1 rings (SSSR count). The van der Waals surface area contributed by atoms with E-state index in [0.717, 1.165) is 0 Å². The maximum atomic E-state index is 12.6. The van der Waals surface area contributed by atoms with E-state index in [2.05, 4.69) is 5.10 Å². The SMILES string of the molecule is O=C(O)CCCn1nc(C(F)F)c(Cl)c1C(F)F. The van der Waals surface area contributed by atoms with E-state index in [9.17, 15) is 22.4 Å². The number of hydrogen-bond donors (Lipinski definition) is 1. The average Bonchev–Trinajstić information content (AvgIpc) is 2.55. The Morgan fingerprint density at radius 3 is 2.39 bits per heavy atom. The zero-order valence-electron chi connectivity index (χ0n) is 8.92. The van der Waals surface area contributed by atoms with Gasteiger partial charge >= 0.3 is 5.97 Å². The summed E-state index contributed by atoms with van der Waals surface area (Å²) < 4.78 is 50.8. The van der Waals surface area contributed by atoms with E-state index in [4.69, 9.17) is 16.7 Å². The van der Waals surface area contributed by atoms with Crippen molar-refractivity contribution in [1.82, 2.24) is 9.78 Å². The standard InChI is InChI=1S/C9H9ClF4N2O2/c10-5-6(8(11)12)15-16(7(5)9(13)14)3-1-2-4(17)18/h8-9H,1-3H2,(H,17,18). The Bertz CT molecular complexity index is 436. The third-order valence-corrected chi connectivity index (χ3v) is 2.52. The number of aliphatic carboxylic acids is 1. The molecular formula is C9H9ClF4N2O2. The fraction of sp³-hybridized carbons (Fsp3) is 0.556. The van der Waals surface area contributed by atoms with Gasteiger partial charge in [-0.1, -0.05) is 11.6 Å². The highest BCUT2D eigenvalue weighted by Gasteiger charge is 2.27. The van der Waals surface area contributed by atoms with Crippen LogP contribution in [0.1, 0.15) is 37.1 Å².